The predicted octanol–water partition coefficient (Wildman–Crippen LogP) is 1.90. The molecule has 1 aromatic heterocycles. The molecule has 1 saturated heterocycles. The Kier molecular flexibility index (Phi) is 3.95. The maximum atomic E-state index is 11.2. The van der Waals surface area contributed by atoms with Crippen LogP contribution in [0.15, 0.2) is 6.20 Å². The maximum Gasteiger partial charge on any atom is 0.310 e. The Bertz CT molecular complexity index is 602. The van der Waals surface area contributed by atoms with E-state index in [1.807, 2.05) is 4.90 Å². The fourth-order valence-corrected chi connectivity index (χ4v) is 2.78. The number of carboxylic acids is 1. The van der Waals surface area contributed by atoms with Crippen molar-refractivity contribution in [2.24, 2.45) is 5.41 Å². The van der Waals surface area contributed by atoms with Crippen LogP contribution in [0.1, 0.15) is 30.2 Å². The SMILES string of the molecule is Cc1cnc(CN2CCC(C)(C(=O)O)C2)c(C)c1[N+](=O)[O-]. The van der Waals surface area contributed by atoms with Gasteiger partial charge in [0.15, 0.2) is 0 Å². The Hall–Kier alpha value is -2.02. The molecule has 1 fully saturated rings. The van der Waals surface area contributed by atoms with Crippen LogP contribution in [0.4, 0.5) is 5.69 Å². The van der Waals surface area contributed by atoms with Crippen LogP contribution < -0.4 is 0 Å². The highest BCUT2D eigenvalue weighted by molar-refractivity contribution is 5.74. The minimum atomic E-state index is -0.801. The highest BCUT2D eigenvalue weighted by Crippen LogP contribution is 2.32. The minimum Gasteiger partial charge on any atom is -0.481 e. The summed E-state index contributed by atoms with van der Waals surface area (Å²) in [6, 6.07) is 0. The van der Waals surface area contributed by atoms with Gasteiger partial charge < -0.3 is 5.11 Å². The number of hydrogen-bond donors (Lipinski definition) is 1. The molecule has 0 radical (unpaired) electrons. The maximum absolute atomic E-state index is 11.2. The molecule has 0 aliphatic carbocycles. The predicted molar refractivity (Wildman–Crippen MR) is 76.0 cm³/mol. The summed E-state index contributed by atoms with van der Waals surface area (Å²) < 4.78 is 0. The van der Waals surface area contributed by atoms with E-state index in [0.717, 1.165) is 0 Å². The van der Waals surface area contributed by atoms with E-state index in [4.69, 9.17) is 0 Å². The molecule has 21 heavy (non-hydrogen) atoms. The van der Waals surface area contributed by atoms with Crippen molar-refractivity contribution in [3.05, 3.63) is 33.1 Å². The van der Waals surface area contributed by atoms with Crippen molar-refractivity contribution in [1.29, 1.82) is 0 Å². The highest BCUT2D eigenvalue weighted by atomic mass is 16.6. The van der Waals surface area contributed by atoms with Crippen molar-refractivity contribution >= 4 is 11.7 Å². The lowest BCUT2D eigenvalue weighted by Crippen LogP contribution is -2.31. The molecule has 1 aliphatic rings. The van der Waals surface area contributed by atoms with Gasteiger partial charge in [-0.3, -0.25) is 24.8 Å². The third-order valence-electron chi connectivity index (χ3n) is 4.20. The average Bonchev–Trinajstić information content (AvgIpc) is 2.76. The molecule has 2 heterocycles. The van der Waals surface area contributed by atoms with Crippen molar-refractivity contribution in [1.82, 2.24) is 9.88 Å². The van der Waals surface area contributed by atoms with Gasteiger partial charge in [-0.15, -0.1) is 0 Å². The summed E-state index contributed by atoms with van der Waals surface area (Å²) in [5, 5.41) is 20.3. The first-order chi connectivity index (χ1) is 9.74. The molecule has 2 rings (SSSR count). The van der Waals surface area contributed by atoms with Crippen molar-refractivity contribution in [3.8, 4) is 0 Å². The topological polar surface area (TPSA) is 96.6 Å². The summed E-state index contributed by atoms with van der Waals surface area (Å²) in [5.74, 6) is -0.801. The normalized spacial score (nSPS) is 22.4. The zero-order valence-corrected chi connectivity index (χ0v) is 12.4. The van der Waals surface area contributed by atoms with Gasteiger partial charge in [-0.1, -0.05) is 0 Å². The smallest absolute Gasteiger partial charge is 0.310 e. The summed E-state index contributed by atoms with van der Waals surface area (Å²) in [6.07, 6.45) is 2.09. The van der Waals surface area contributed by atoms with Gasteiger partial charge in [0.25, 0.3) is 5.69 Å². The molecule has 114 valence electrons. The van der Waals surface area contributed by atoms with Crippen LogP contribution in [-0.2, 0) is 11.3 Å². The monoisotopic (exact) mass is 293 g/mol. The number of aryl methyl sites for hydroxylation is 1. The lowest BCUT2D eigenvalue weighted by atomic mass is 9.90. The van der Waals surface area contributed by atoms with Crippen LogP contribution >= 0.6 is 0 Å². The number of rotatable bonds is 4. The number of aliphatic carboxylic acids is 1. The summed E-state index contributed by atoms with van der Waals surface area (Å²) in [7, 11) is 0. The third kappa shape index (κ3) is 2.87. The van der Waals surface area contributed by atoms with Crippen LogP contribution in [0.25, 0.3) is 0 Å². The van der Waals surface area contributed by atoms with Gasteiger partial charge >= 0.3 is 5.97 Å². The highest BCUT2D eigenvalue weighted by Gasteiger charge is 2.40. The second kappa shape index (κ2) is 5.40. The van der Waals surface area contributed by atoms with Crippen molar-refractivity contribution < 1.29 is 14.8 Å². The van der Waals surface area contributed by atoms with E-state index in [1.54, 1.807) is 20.8 Å². The average molecular weight is 293 g/mol. The van der Waals surface area contributed by atoms with Crippen LogP contribution in [0, 0.1) is 29.4 Å². The first-order valence-electron chi connectivity index (χ1n) is 6.80. The summed E-state index contributed by atoms with van der Waals surface area (Å²) in [5.41, 5.74) is 1.09. The minimum absolute atomic E-state index is 0.0974. The molecule has 7 nitrogen and oxygen atoms in total. The molecule has 0 aromatic carbocycles. The molecule has 0 bridgehead atoms. The summed E-state index contributed by atoms with van der Waals surface area (Å²) in [6.45, 7) is 6.62. The van der Waals surface area contributed by atoms with Gasteiger partial charge in [0.05, 0.1) is 16.0 Å². The fraction of sp³-hybridized carbons (Fsp3) is 0.571. The molecule has 1 unspecified atom stereocenters. The first-order valence-corrected chi connectivity index (χ1v) is 6.80. The van der Waals surface area contributed by atoms with Crippen LogP contribution in [0.5, 0.6) is 0 Å². The molecule has 1 N–H and O–H groups in total. The van der Waals surface area contributed by atoms with Crippen LogP contribution in [-0.4, -0.2) is 39.0 Å². The number of nitrogens with zero attached hydrogens (tertiary/aromatic N) is 3. The molecule has 0 saturated carbocycles. The third-order valence-corrected chi connectivity index (χ3v) is 4.20. The number of likely N-dealkylation sites (tertiary alicyclic amines) is 1. The Labute approximate surface area is 122 Å². The van der Waals surface area contributed by atoms with E-state index in [1.165, 1.54) is 6.20 Å². The standard InChI is InChI=1S/C14H19N3O4/c1-9-6-15-11(10(2)12(9)17(20)21)7-16-5-4-14(3,8-16)13(18)19/h6H,4-5,7-8H2,1-3H3,(H,18,19). The number of nitro groups is 1. The van der Waals surface area contributed by atoms with Gasteiger partial charge in [0, 0.05) is 30.4 Å². The first kappa shape index (κ1) is 15.4. The lowest BCUT2D eigenvalue weighted by molar-refractivity contribution is -0.386. The van der Waals surface area contributed by atoms with Crippen molar-refractivity contribution in [2.75, 3.05) is 13.1 Å². The number of pyridine rings is 1. The molecule has 1 aromatic rings. The molecule has 0 amide bonds. The van der Waals surface area contributed by atoms with E-state index < -0.39 is 11.4 Å². The number of aromatic nitrogens is 1. The van der Waals surface area contributed by atoms with Crippen LogP contribution in [0.3, 0.4) is 0 Å². The fourth-order valence-electron chi connectivity index (χ4n) is 2.78. The Morgan fingerprint density at radius 1 is 1.57 bits per heavy atom. The molecule has 1 aliphatic heterocycles. The van der Waals surface area contributed by atoms with Crippen LogP contribution in [0.2, 0.25) is 0 Å². The Morgan fingerprint density at radius 3 is 2.76 bits per heavy atom. The van der Waals surface area contributed by atoms with Crippen molar-refractivity contribution in [2.45, 2.75) is 33.7 Å². The second-order valence-corrected chi connectivity index (χ2v) is 5.95. The van der Waals surface area contributed by atoms with Gasteiger partial charge in [0.1, 0.15) is 0 Å². The summed E-state index contributed by atoms with van der Waals surface area (Å²) in [4.78, 5) is 28.2. The van der Waals surface area contributed by atoms with Gasteiger partial charge in [-0.25, -0.2) is 0 Å². The van der Waals surface area contributed by atoms with Crippen molar-refractivity contribution in [3.63, 3.8) is 0 Å². The second-order valence-electron chi connectivity index (χ2n) is 5.95. The van der Waals surface area contributed by atoms with Gasteiger partial charge in [0.2, 0.25) is 0 Å². The van der Waals surface area contributed by atoms with Gasteiger partial charge in [-0.05, 0) is 33.7 Å². The van der Waals surface area contributed by atoms with E-state index in [-0.39, 0.29) is 10.6 Å². The zero-order valence-electron chi connectivity index (χ0n) is 12.4. The summed E-state index contributed by atoms with van der Waals surface area (Å²) >= 11 is 0. The van der Waals surface area contributed by atoms with E-state index in [0.29, 0.717) is 42.9 Å². The number of hydrogen-bond acceptors (Lipinski definition) is 5. The van der Waals surface area contributed by atoms with E-state index in [2.05, 4.69) is 4.98 Å². The number of carbonyl (C=O) groups is 1. The van der Waals surface area contributed by atoms with E-state index >= 15 is 0 Å². The molecule has 7 heteroatoms. The molecule has 1 atom stereocenters. The largest absolute Gasteiger partial charge is 0.481 e. The number of carboxylic acid groups (broad SMARTS) is 1. The lowest BCUT2D eigenvalue weighted by Gasteiger charge is -2.20. The quantitative estimate of drug-likeness (QED) is 0.672. The molecular weight excluding hydrogens is 274 g/mol. The molecular formula is C14H19N3O4. The van der Waals surface area contributed by atoms with Gasteiger partial charge in [-0.2, -0.15) is 0 Å². The Balaban J connectivity index is 2.21. The zero-order chi connectivity index (χ0) is 15.8. The molecule has 0 spiro atoms. The Morgan fingerprint density at radius 2 is 2.24 bits per heavy atom. The van der Waals surface area contributed by atoms with E-state index in [9.17, 15) is 20.0 Å².